The van der Waals surface area contributed by atoms with Gasteiger partial charge < -0.3 is 0 Å². The van der Waals surface area contributed by atoms with Gasteiger partial charge in [-0.3, -0.25) is 4.98 Å². The maximum absolute atomic E-state index is 12.1. The number of aromatic nitrogens is 3. The first-order chi connectivity index (χ1) is 11.5. The average molecular weight is 362 g/mol. The zero-order valence-corrected chi connectivity index (χ0v) is 14.1. The van der Waals surface area contributed by atoms with Gasteiger partial charge in [0.25, 0.3) is 0 Å². The van der Waals surface area contributed by atoms with Gasteiger partial charge in [-0.05, 0) is 48.5 Å². The van der Waals surface area contributed by atoms with Gasteiger partial charge in [0.2, 0.25) is 0 Å². The predicted molar refractivity (Wildman–Crippen MR) is 93.5 cm³/mol. The van der Waals surface area contributed by atoms with Crippen LogP contribution in [0.5, 0.6) is 0 Å². The quantitative estimate of drug-likeness (QED) is 0.774. The second kappa shape index (κ2) is 6.54. The van der Waals surface area contributed by atoms with Crippen LogP contribution >= 0.6 is 23.4 Å². The molecular weight excluding hydrogens is 350 g/mol. The van der Waals surface area contributed by atoms with Gasteiger partial charge in [0.1, 0.15) is 0 Å². The minimum Gasteiger partial charge on any atom is -0.258 e. The maximum atomic E-state index is 12.1. The molecule has 0 radical (unpaired) electrons. The minimum atomic E-state index is -0.763. The lowest BCUT2D eigenvalue weighted by Gasteiger charge is -2.07. The second-order valence-corrected chi connectivity index (χ2v) is 6.55. The van der Waals surface area contributed by atoms with Crippen LogP contribution in [0.15, 0.2) is 72.7 Å². The number of halogens is 1. The van der Waals surface area contributed by atoms with Crippen molar-refractivity contribution in [2.45, 2.75) is 9.79 Å². The molecular formula is C16H12ClN3O3S. The summed E-state index contributed by atoms with van der Waals surface area (Å²) in [6, 6.07) is 14.3. The van der Waals surface area contributed by atoms with Crippen LogP contribution in [0.25, 0.3) is 5.69 Å². The molecule has 3 aromatic rings. The second-order valence-electron chi connectivity index (χ2n) is 4.96. The molecule has 0 aliphatic rings. The highest BCUT2D eigenvalue weighted by atomic mass is 35.5. The van der Waals surface area contributed by atoms with E-state index in [1.807, 2.05) is 24.3 Å². The van der Waals surface area contributed by atoms with Crippen LogP contribution < -0.4 is 17.1 Å². The van der Waals surface area contributed by atoms with E-state index >= 15 is 0 Å². The minimum absolute atomic E-state index is 0.386. The van der Waals surface area contributed by atoms with E-state index < -0.39 is 17.1 Å². The van der Waals surface area contributed by atoms with Crippen molar-refractivity contribution in [2.24, 2.45) is 7.05 Å². The van der Waals surface area contributed by atoms with E-state index in [2.05, 4.69) is 4.98 Å². The lowest BCUT2D eigenvalue weighted by Crippen LogP contribution is -2.47. The lowest BCUT2D eigenvalue weighted by molar-refractivity contribution is 0.660. The van der Waals surface area contributed by atoms with Gasteiger partial charge in [-0.25, -0.2) is 23.5 Å². The van der Waals surface area contributed by atoms with Crippen LogP contribution in [0.4, 0.5) is 0 Å². The molecule has 1 heterocycles. The van der Waals surface area contributed by atoms with Crippen LogP contribution in [0.2, 0.25) is 5.02 Å². The molecule has 0 atom stereocenters. The monoisotopic (exact) mass is 361 g/mol. The van der Waals surface area contributed by atoms with Gasteiger partial charge in [-0.1, -0.05) is 23.4 Å². The van der Waals surface area contributed by atoms with Crippen molar-refractivity contribution in [1.82, 2.24) is 14.1 Å². The van der Waals surface area contributed by atoms with Gasteiger partial charge in [0, 0.05) is 21.9 Å². The summed E-state index contributed by atoms with van der Waals surface area (Å²) >= 11 is 7.39. The summed E-state index contributed by atoms with van der Waals surface area (Å²) in [5, 5.41) is 0.669. The van der Waals surface area contributed by atoms with Gasteiger partial charge in [-0.15, -0.1) is 0 Å². The smallest absolute Gasteiger partial charge is 0.258 e. The molecule has 0 fully saturated rings. The maximum Gasteiger partial charge on any atom is 0.340 e. The Hall–Kier alpha value is -2.51. The molecule has 0 amide bonds. The number of rotatable bonds is 3. The number of benzene rings is 2. The van der Waals surface area contributed by atoms with E-state index in [-0.39, 0.29) is 0 Å². The van der Waals surface area contributed by atoms with E-state index in [1.54, 1.807) is 24.3 Å². The molecule has 0 bridgehead atoms. The molecule has 6 nitrogen and oxygen atoms in total. The summed E-state index contributed by atoms with van der Waals surface area (Å²) in [6.45, 7) is 0. The third-order valence-corrected chi connectivity index (χ3v) is 4.61. The zero-order valence-electron chi connectivity index (χ0n) is 12.5. The number of hydrogen-bond acceptors (Lipinski definition) is 4. The van der Waals surface area contributed by atoms with Crippen molar-refractivity contribution in [3.63, 3.8) is 0 Å². The Morgan fingerprint density at radius 2 is 1.42 bits per heavy atom. The summed E-state index contributed by atoms with van der Waals surface area (Å²) in [5.41, 5.74) is -1.81. The van der Waals surface area contributed by atoms with Crippen LogP contribution in [0.3, 0.4) is 0 Å². The highest BCUT2D eigenvalue weighted by molar-refractivity contribution is 7.99. The van der Waals surface area contributed by atoms with Gasteiger partial charge in [-0.2, -0.15) is 0 Å². The fourth-order valence-corrected chi connectivity index (χ4v) is 3.03. The zero-order chi connectivity index (χ0) is 17.3. The molecule has 0 aliphatic heterocycles. The lowest BCUT2D eigenvalue weighted by atomic mass is 10.3. The van der Waals surface area contributed by atoms with Gasteiger partial charge in [0.05, 0.1) is 5.69 Å². The van der Waals surface area contributed by atoms with E-state index in [1.165, 1.54) is 18.8 Å². The fraction of sp³-hybridized carbons (Fsp3) is 0.0625. The number of nitrogens with zero attached hydrogens (tertiary/aromatic N) is 2. The third kappa shape index (κ3) is 3.22. The Balaban J connectivity index is 1.95. The van der Waals surface area contributed by atoms with E-state index in [4.69, 9.17) is 11.6 Å². The predicted octanol–water partition coefficient (Wildman–Crippen LogP) is 2.03. The Labute approximate surface area is 145 Å². The largest absolute Gasteiger partial charge is 0.340 e. The van der Waals surface area contributed by atoms with E-state index in [9.17, 15) is 14.4 Å². The Kier molecular flexibility index (Phi) is 4.46. The van der Waals surface area contributed by atoms with Crippen molar-refractivity contribution >= 4 is 23.4 Å². The topological polar surface area (TPSA) is 76.9 Å². The summed E-state index contributed by atoms with van der Waals surface area (Å²) in [4.78, 5) is 39.5. The Morgan fingerprint density at radius 1 is 0.875 bits per heavy atom. The first-order valence-electron chi connectivity index (χ1n) is 6.92. The fourth-order valence-electron chi connectivity index (χ4n) is 2.08. The molecule has 1 N–H and O–H groups in total. The molecule has 0 saturated carbocycles. The normalized spacial score (nSPS) is 10.8. The van der Waals surface area contributed by atoms with Crippen LogP contribution in [-0.2, 0) is 7.05 Å². The number of nitrogens with one attached hydrogen (secondary N) is 1. The standard InChI is InChI=1S/C16H12ClN3O3S/c1-19-14(21)18-15(22)20(16(19)23)11-4-8-13(9-5-11)24-12-6-2-10(17)3-7-12/h2-9H,1H3,(H,18,21,22). The van der Waals surface area contributed by atoms with Crippen molar-refractivity contribution in [2.75, 3.05) is 0 Å². The number of H-pyrrole nitrogens is 1. The molecule has 122 valence electrons. The Morgan fingerprint density at radius 3 is 2.00 bits per heavy atom. The molecule has 24 heavy (non-hydrogen) atoms. The third-order valence-electron chi connectivity index (χ3n) is 3.34. The van der Waals surface area contributed by atoms with Crippen molar-refractivity contribution in [1.29, 1.82) is 0 Å². The molecule has 0 aliphatic carbocycles. The summed E-state index contributed by atoms with van der Waals surface area (Å²) < 4.78 is 1.76. The molecule has 0 saturated heterocycles. The van der Waals surface area contributed by atoms with E-state index in [0.717, 1.165) is 18.9 Å². The van der Waals surface area contributed by atoms with Crippen molar-refractivity contribution < 1.29 is 0 Å². The first kappa shape index (κ1) is 16.4. The number of aromatic amines is 1. The summed E-state index contributed by atoms with van der Waals surface area (Å²) in [6.07, 6.45) is 0. The Bertz CT molecular complexity index is 1050. The highest BCUT2D eigenvalue weighted by Gasteiger charge is 2.09. The molecule has 0 spiro atoms. The van der Waals surface area contributed by atoms with Crippen LogP contribution in [0, 0.1) is 0 Å². The average Bonchev–Trinajstić information content (AvgIpc) is 2.56. The van der Waals surface area contributed by atoms with E-state index in [0.29, 0.717) is 10.7 Å². The number of hydrogen-bond donors (Lipinski definition) is 1. The first-order valence-corrected chi connectivity index (χ1v) is 8.11. The van der Waals surface area contributed by atoms with Crippen LogP contribution in [-0.4, -0.2) is 14.1 Å². The van der Waals surface area contributed by atoms with Crippen LogP contribution in [0.1, 0.15) is 0 Å². The van der Waals surface area contributed by atoms with Gasteiger partial charge >= 0.3 is 17.1 Å². The summed E-state index contributed by atoms with van der Waals surface area (Å²) in [5.74, 6) is 0. The highest BCUT2D eigenvalue weighted by Crippen LogP contribution is 2.28. The molecule has 2 aromatic carbocycles. The molecule has 1 aromatic heterocycles. The summed E-state index contributed by atoms with van der Waals surface area (Å²) in [7, 11) is 1.31. The SMILES string of the molecule is Cn1c(=O)[nH]c(=O)n(-c2ccc(Sc3ccc(Cl)cc3)cc2)c1=O. The van der Waals surface area contributed by atoms with Crippen molar-refractivity contribution in [3.05, 3.63) is 85.0 Å². The molecule has 3 rings (SSSR count). The molecule has 8 heteroatoms. The van der Waals surface area contributed by atoms with Gasteiger partial charge in [0.15, 0.2) is 0 Å². The van der Waals surface area contributed by atoms with Crippen molar-refractivity contribution in [3.8, 4) is 5.69 Å². The molecule has 0 unspecified atom stereocenters.